The maximum absolute atomic E-state index is 5.41. The van der Waals surface area contributed by atoms with E-state index in [2.05, 4.69) is 10.1 Å². The quantitative estimate of drug-likeness (QED) is 0.847. The molecule has 0 unspecified atom stereocenters. The van der Waals surface area contributed by atoms with Gasteiger partial charge < -0.3 is 15.0 Å². The van der Waals surface area contributed by atoms with Gasteiger partial charge >= 0.3 is 0 Å². The van der Waals surface area contributed by atoms with Gasteiger partial charge in [-0.3, -0.25) is 0 Å². The predicted molar refractivity (Wildman–Crippen MR) is 58.9 cm³/mol. The molecule has 16 heavy (non-hydrogen) atoms. The summed E-state index contributed by atoms with van der Waals surface area (Å²) in [4.78, 5) is 4.18. The highest BCUT2D eigenvalue weighted by Crippen LogP contribution is 2.25. The highest BCUT2D eigenvalue weighted by Gasteiger charge is 2.10. The maximum Gasteiger partial charge on any atom is 0.240 e. The number of aryl methyl sites for hydroxylation is 1. The van der Waals surface area contributed by atoms with E-state index in [1.165, 1.54) is 0 Å². The molecule has 2 aromatic rings. The Hall–Kier alpha value is -1.88. The van der Waals surface area contributed by atoms with Crippen molar-refractivity contribution in [1.29, 1.82) is 0 Å². The molecule has 0 saturated carbocycles. The summed E-state index contributed by atoms with van der Waals surface area (Å²) < 4.78 is 10.1. The zero-order valence-electron chi connectivity index (χ0n) is 9.23. The van der Waals surface area contributed by atoms with Gasteiger partial charge in [-0.15, -0.1) is 0 Å². The highest BCUT2D eigenvalue weighted by molar-refractivity contribution is 5.61. The van der Waals surface area contributed by atoms with Crippen molar-refractivity contribution in [3.05, 3.63) is 29.7 Å². The summed E-state index contributed by atoms with van der Waals surface area (Å²) in [5, 5.41) is 3.87. The molecule has 0 aliphatic heterocycles. The number of aromatic nitrogens is 2. The van der Waals surface area contributed by atoms with E-state index in [4.69, 9.17) is 15.0 Å². The first kappa shape index (κ1) is 10.6. The number of hydrogen-bond donors (Lipinski definition) is 1. The summed E-state index contributed by atoms with van der Waals surface area (Å²) in [5.41, 5.74) is 7.37. The van der Waals surface area contributed by atoms with Crippen LogP contribution in [-0.4, -0.2) is 17.3 Å². The fourth-order valence-corrected chi connectivity index (χ4v) is 1.42. The minimum Gasteiger partial charge on any atom is -0.497 e. The Kier molecular flexibility index (Phi) is 2.87. The van der Waals surface area contributed by atoms with Crippen LogP contribution in [0.5, 0.6) is 5.75 Å². The Labute approximate surface area is 93.2 Å². The molecule has 1 aromatic heterocycles. The van der Waals surface area contributed by atoms with Crippen LogP contribution in [0, 0.1) is 6.92 Å². The van der Waals surface area contributed by atoms with Gasteiger partial charge in [0.1, 0.15) is 5.75 Å². The summed E-state index contributed by atoms with van der Waals surface area (Å²) in [6, 6.07) is 5.72. The Morgan fingerprint density at radius 1 is 1.44 bits per heavy atom. The molecule has 0 amide bonds. The summed E-state index contributed by atoms with van der Waals surface area (Å²) >= 11 is 0. The summed E-state index contributed by atoms with van der Waals surface area (Å²) in [6.07, 6.45) is 0. The second kappa shape index (κ2) is 4.32. The van der Waals surface area contributed by atoms with Crippen LogP contribution >= 0.6 is 0 Å². The first-order chi connectivity index (χ1) is 7.74. The number of methoxy groups -OCH3 is 1. The summed E-state index contributed by atoms with van der Waals surface area (Å²) in [5.74, 6) is 1.73. The average molecular weight is 219 g/mol. The van der Waals surface area contributed by atoms with E-state index < -0.39 is 0 Å². The molecule has 0 aliphatic carbocycles. The Morgan fingerprint density at radius 3 is 2.88 bits per heavy atom. The molecule has 1 heterocycles. The molecular formula is C11H13N3O2. The SMILES string of the molecule is COc1ccc(C)c(-c2noc(CN)n2)c1. The van der Waals surface area contributed by atoms with Gasteiger partial charge in [-0.1, -0.05) is 11.2 Å². The van der Waals surface area contributed by atoms with Gasteiger partial charge in [0.2, 0.25) is 11.7 Å². The summed E-state index contributed by atoms with van der Waals surface area (Å²) in [7, 11) is 1.62. The van der Waals surface area contributed by atoms with Crippen LogP contribution in [0.25, 0.3) is 11.4 Å². The third kappa shape index (κ3) is 1.90. The fraction of sp³-hybridized carbons (Fsp3) is 0.273. The lowest BCUT2D eigenvalue weighted by Crippen LogP contribution is -1.96. The van der Waals surface area contributed by atoms with E-state index in [1.54, 1.807) is 7.11 Å². The highest BCUT2D eigenvalue weighted by atomic mass is 16.5. The van der Waals surface area contributed by atoms with Gasteiger partial charge in [0.25, 0.3) is 0 Å². The van der Waals surface area contributed by atoms with Crippen LogP contribution in [0.3, 0.4) is 0 Å². The van der Waals surface area contributed by atoms with E-state index in [0.29, 0.717) is 11.7 Å². The molecule has 0 fully saturated rings. The molecule has 0 radical (unpaired) electrons. The fourth-order valence-electron chi connectivity index (χ4n) is 1.42. The molecule has 1 aromatic carbocycles. The van der Waals surface area contributed by atoms with Gasteiger partial charge in [-0.2, -0.15) is 4.98 Å². The van der Waals surface area contributed by atoms with E-state index >= 15 is 0 Å². The molecule has 2 N–H and O–H groups in total. The molecule has 2 rings (SSSR count). The van der Waals surface area contributed by atoms with Crippen LogP contribution in [0.15, 0.2) is 22.7 Å². The van der Waals surface area contributed by atoms with Crippen molar-refractivity contribution in [3.8, 4) is 17.1 Å². The topological polar surface area (TPSA) is 74.2 Å². The standard InChI is InChI=1S/C11H13N3O2/c1-7-3-4-8(15-2)5-9(7)11-13-10(6-12)16-14-11/h3-5H,6,12H2,1-2H3. The third-order valence-corrected chi connectivity index (χ3v) is 2.33. The molecule has 0 spiro atoms. The van der Waals surface area contributed by atoms with Crippen molar-refractivity contribution in [2.24, 2.45) is 5.73 Å². The van der Waals surface area contributed by atoms with Gasteiger partial charge in [-0.05, 0) is 24.6 Å². The number of ether oxygens (including phenoxy) is 1. The lowest BCUT2D eigenvalue weighted by molar-refractivity contribution is 0.380. The molecule has 0 bridgehead atoms. The Balaban J connectivity index is 2.45. The Bertz CT molecular complexity index is 494. The largest absolute Gasteiger partial charge is 0.497 e. The number of nitrogens with zero attached hydrogens (tertiary/aromatic N) is 2. The lowest BCUT2D eigenvalue weighted by atomic mass is 10.1. The number of benzene rings is 1. The van der Waals surface area contributed by atoms with E-state index in [0.717, 1.165) is 16.9 Å². The number of hydrogen-bond acceptors (Lipinski definition) is 5. The van der Waals surface area contributed by atoms with Crippen molar-refractivity contribution in [1.82, 2.24) is 10.1 Å². The van der Waals surface area contributed by atoms with Crippen LogP contribution in [-0.2, 0) is 6.54 Å². The second-order valence-electron chi connectivity index (χ2n) is 3.40. The van der Waals surface area contributed by atoms with Gasteiger partial charge in [0.15, 0.2) is 0 Å². The van der Waals surface area contributed by atoms with Crippen molar-refractivity contribution >= 4 is 0 Å². The molecule has 0 saturated heterocycles. The number of nitrogens with two attached hydrogens (primary N) is 1. The molecule has 5 heteroatoms. The average Bonchev–Trinajstić information content (AvgIpc) is 2.78. The monoisotopic (exact) mass is 219 g/mol. The summed E-state index contributed by atoms with van der Waals surface area (Å²) in [6.45, 7) is 2.23. The zero-order valence-corrected chi connectivity index (χ0v) is 9.23. The second-order valence-corrected chi connectivity index (χ2v) is 3.40. The third-order valence-electron chi connectivity index (χ3n) is 2.33. The van der Waals surface area contributed by atoms with E-state index in [1.807, 2.05) is 25.1 Å². The number of rotatable bonds is 3. The maximum atomic E-state index is 5.41. The van der Waals surface area contributed by atoms with Crippen molar-refractivity contribution in [2.75, 3.05) is 7.11 Å². The van der Waals surface area contributed by atoms with Crippen molar-refractivity contribution in [3.63, 3.8) is 0 Å². The molecular weight excluding hydrogens is 206 g/mol. The molecule has 5 nitrogen and oxygen atoms in total. The predicted octanol–water partition coefficient (Wildman–Crippen LogP) is 1.51. The van der Waals surface area contributed by atoms with Crippen molar-refractivity contribution < 1.29 is 9.26 Å². The first-order valence-electron chi connectivity index (χ1n) is 4.92. The zero-order chi connectivity index (χ0) is 11.5. The smallest absolute Gasteiger partial charge is 0.240 e. The normalized spacial score (nSPS) is 10.4. The van der Waals surface area contributed by atoms with Crippen LogP contribution in [0.1, 0.15) is 11.5 Å². The first-order valence-corrected chi connectivity index (χ1v) is 4.92. The lowest BCUT2D eigenvalue weighted by Gasteiger charge is -2.04. The van der Waals surface area contributed by atoms with Crippen molar-refractivity contribution in [2.45, 2.75) is 13.5 Å². The van der Waals surface area contributed by atoms with Gasteiger partial charge in [0.05, 0.1) is 13.7 Å². The van der Waals surface area contributed by atoms with Gasteiger partial charge in [-0.25, -0.2) is 0 Å². The van der Waals surface area contributed by atoms with E-state index in [9.17, 15) is 0 Å². The Morgan fingerprint density at radius 2 is 2.25 bits per heavy atom. The molecule has 84 valence electrons. The van der Waals surface area contributed by atoms with Crippen LogP contribution in [0.4, 0.5) is 0 Å². The molecule has 0 atom stereocenters. The van der Waals surface area contributed by atoms with Crippen LogP contribution < -0.4 is 10.5 Å². The van der Waals surface area contributed by atoms with Gasteiger partial charge in [0, 0.05) is 5.56 Å². The van der Waals surface area contributed by atoms with E-state index in [-0.39, 0.29) is 6.54 Å². The van der Waals surface area contributed by atoms with Crippen LogP contribution in [0.2, 0.25) is 0 Å². The minimum atomic E-state index is 0.246. The molecule has 0 aliphatic rings. The minimum absolute atomic E-state index is 0.246.